The van der Waals surface area contributed by atoms with E-state index in [0.717, 1.165) is 61.0 Å². The van der Waals surface area contributed by atoms with E-state index in [4.69, 9.17) is 13.2 Å². The lowest BCUT2D eigenvalue weighted by Crippen LogP contribution is -2.37. The van der Waals surface area contributed by atoms with Crippen LogP contribution in [0.3, 0.4) is 0 Å². The van der Waals surface area contributed by atoms with Gasteiger partial charge in [0.1, 0.15) is 11.4 Å². The van der Waals surface area contributed by atoms with Crippen molar-refractivity contribution in [1.82, 2.24) is 9.96 Å². The molecule has 1 heterocycles. The molecule has 1 aliphatic carbocycles. The van der Waals surface area contributed by atoms with Crippen molar-refractivity contribution in [3.63, 3.8) is 0 Å². The van der Waals surface area contributed by atoms with Crippen molar-refractivity contribution in [2.75, 3.05) is 25.0 Å². The van der Waals surface area contributed by atoms with Crippen LogP contribution in [0.25, 0.3) is 0 Å². The summed E-state index contributed by atoms with van der Waals surface area (Å²) in [5.41, 5.74) is 3.80. The van der Waals surface area contributed by atoms with Crippen LogP contribution < -0.4 is 5.32 Å². The molecule has 1 amide bonds. The summed E-state index contributed by atoms with van der Waals surface area (Å²) in [6.45, 7) is 8.77. The van der Waals surface area contributed by atoms with Crippen molar-refractivity contribution in [3.05, 3.63) is 101 Å². The number of ether oxygens (including phenoxy) is 1. The fraction of sp³-hybridized carbons (Fsp3) is 0.424. The van der Waals surface area contributed by atoms with Crippen molar-refractivity contribution in [2.24, 2.45) is 0 Å². The molecule has 0 atom stereocenters. The van der Waals surface area contributed by atoms with Crippen LogP contribution in [0.4, 0.5) is 10.5 Å². The molecule has 0 radical (unpaired) electrons. The van der Waals surface area contributed by atoms with Crippen LogP contribution in [0.15, 0.2) is 90.4 Å². The van der Waals surface area contributed by atoms with Gasteiger partial charge in [-0.05, 0) is 87.9 Å². The smallest absolute Gasteiger partial charge is 0.410 e. The van der Waals surface area contributed by atoms with Crippen molar-refractivity contribution in [2.45, 2.75) is 71.4 Å². The fourth-order valence-corrected chi connectivity index (χ4v) is 5.03. The number of rotatable bonds is 12. The van der Waals surface area contributed by atoms with E-state index in [0.29, 0.717) is 19.5 Å². The lowest BCUT2D eigenvalue weighted by atomic mass is 10.1. The molecular formula is C33H43N3O4S. The molecule has 1 saturated heterocycles. The minimum absolute atomic E-state index is 0.277. The number of aryl methyl sites for hydroxylation is 1. The molecule has 2 aromatic carbocycles. The van der Waals surface area contributed by atoms with E-state index in [-0.39, 0.29) is 6.09 Å². The first-order valence-electron chi connectivity index (χ1n) is 14.6. The number of benzene rings is 2. The Balaban J connectivity index is 1.24. The highest BCUT2D eigenvalue weighted by atomic mass is 32.2. The number of anilines is 1. The molecule has 41 heavy (non-hydrogen) atoms. The predicted octanol–water partition coefficient (Wildman–Crippen LogP) is 8.19. The standard InChI is InChI=1S/C33H43N3O4S/c1-33(2,3)38-32(37)35(26-28-12-6-4-7-13-28)23-11-14-27-17-19-30(20-18-27)34-29-15-10-16-31(22-21-29)39-41-40-36-24-8-5-9-25-36/h4,6-7,10,12-13,15,17-22,34H,5,8-9,11,14,16,23-26H2,1-3H3. The van der Waals surface area contributed by atoms with E-state index in [9.17, 15) is 4.79 Å². The Bertz CT molecular complexity index is 1180. The molecule has 7 nitrogen and oxygen atoms in total. The summed E-state index contributed by atoms with van der Waals surface area (Å²) in [4.78, 5) is 14.7. The van der Waals surface area contributed by atoms with Gasteiger partial charge in [0.2, 0.25) is 12.3 Å². The Labute approximate surface area is 249 Å². The van der Waals surface area contributed by atoms with Crippen LogP contribution in [0.5, 0.6) is 0 Å². The summed E-state index contributed by atoms with van der Waals surface area (Å²) in [7, 11) is 0. The third-order valence-corrected chi connectivity index (χ3v) is 7.21. The van der Waals surface area contributed by atoms with Gasteiger partial charge in [0, 0.05) is 44.0 Å². The summed E-state index contributed by atoms with van der Waals surface area (Å²) >= 11 is 1.04. The normalized spacial score (nSPS) is 15.9. The summed E-state index contributed by atoms with van der Waals surface area (Å²) < 4.78 is 17.1. The zero-order chi connectivity index (χ0) is 28.9. The summed E-state index contributed by atoms with van der Waals surface area (Å²) in [5, 5.41) is 5.44. The lowest BCUT2D eigenvalue weighted by molar-refractivity contribution is -0.0591. The topological polar surface area (TPSA) is 63.3 Å². The molecule has 8 heteroatoms. The third-order valence-electron chi connectivity index (χ3n) is 6.66. The maximum atomic E-state index is 12.9. The van der Waals surface area contributed by atoms with Gasteiger partial charge in [-0.1, -0.05) is 55.0 Å². The van der Waals surface area contributed by atoms with Gasteiger partial charge in [0.05, 0.1) is 0 Å². The second kappa shape index (κ2) is 15.7. The molecule has 0 bridgehead atoms. The number of allylic oxidation sites excluding steroid dienone is 4. The monoisotopic (exact) mass is 577 g/mol. The largest absolute Gasteiger partial charge is 0.444 e. The molecule has 2 aromatic rings. The first-order chi connectivity index (χ1) is 19.8. The Hall–Kier alpha value is -3.20. The number of nitrogens with one attached hydrogen (secondary N) is 1. The summed E-state index contributed by atoms with van der Waals surface area (Å²) in [6.07, 6.45) is 13.9. The van der Waals surface area contributed by atoms with Gasteiger partial charge in [-0.25, -0.2) is 4.79 Å². The van der Waals surface area contributed by atoms with E-state index in [2.05, 4.69) is 41.7 Å². The minimum Gasteiger partial charge on any atom is -0.444 e. The summed E-state index contributed by atoms with van der Waals surface area (Å²) in [6, 6.07) is 18.5. The zero-order valence-corrected chi connectivity index (χ0v) is 25.3. The highest BCUT2D eigenvalue weighted by Gasteiger charge is 2.22. The molecule has 220 valence electrons. The van der Waals surface area contributed by atoms with Gasteiger partial charge in [-0.3, -0.25) is 0 Å². The van der Waals surface area contributed by atoms with Gasteiger partial charge >= 0.3 is 6.09 Å². The number of hydroxylamine groups is 2. The van der Waals surface area contributed by atoms with Crippen LogP contribution in [0.2, 0.25) is 0 Å². The van der Waals surface area contributed by atoms with Gasteiger partial charge < -0.3 is 19.1 Å². The average molecular weight is 578 g/mol. The van der Waals surface area contributed by atoms with Crippen LogP contribution >= 0.6 is 12.3 Å². The predicted molar refractivity (Wildman–Crippen MR) is 167 cm³/mol. The van der Waals surface area contributed by atoms with E-state index in [1.54, 1.807) is 4.90 Å². The highest BCUT2D eigenvalue weighted by Crippen LogP contribution is 2.23. The first-order valence-corrected chi connectivity index (χ1v) is 15.2. The summed E-state index contributed by atoms with van der Waals surface area (Å²) in [5.74, 6) is 0.850. The Morgan fingerprint density at radius 3 is 2.46 bits per heavy atom. The van der Waals surface area contributed by atoms with E-state index < -0.39 is 5.60 Å². The van der Waals surface area contributed by atoms with Gasteiger partial charge in [0.15, 0.2) is 0 Å². The molecule has 2 aliphatic rings. The zero-order valence-electron chi connectivity index (χ0n) is 24.5. The Morgan fingerprint density at radius 2 is 1.73 bits per heavy atom. The molecule has 1 N–H and O–H groups in total. The molecule has 0 aromatic heterocycles. The van der Waals surface area contributed by atoms with Crippen molar-refractivity contribution >= 4 is 24.1 Å². The number of carbonyl (C=O) groups excluding carboxylic acids is 1. The van der Waals surface area contributed by atoms with Crippen molar-refractivity contribution < 1.29 is 18.0 Å². The van der Waals surface area contributed by atoms with Crippen LogP contribution in [0, 0.1) is 0 Å². The SMILES string of the molecule is CC(C)(C)OC(=O)N(CCCc1ccc(NC2=CC=C(OSON3CCCCC3)CC=C2)cc1)Cc1ccccc1. The van der Waals surface area contributed by atoms with Gasteiger partial charge in [0.25, 0.3) is 0 Å². The van der Waals surface area contributed by atoms with Crippen molar-refractivity contribution in [1.29, 1.82) is 0 Å². The maximum Gasteiger partial charge on any atom is 0.410 e. The highest BCUT2D eigenvalue weighted by molar-refractivity contribution is 7.89. The molecular weight excluding hydrogens is 534 g/mol. The second-order valence-electron chi connectivity index (χ2n) is 11.4. The van der Waals surface area contributed by atoms with Gasteiger partial charge in [-0.15, -0.1) is 0 Å². The molecule has 4 rings (SSSR count). The second-order valence-corrected chi connectivity index (χ2v) is 11.8. The van der Waals surface area contributed by atoms with Crippen LogP contribution in [-0.4, -0.2) is 41.3 Å². The number of hydrogen-bond acceptors (Lipinski definition) is 7. The van der Waals surface area contributed by atoms with Crippen LogP contribution in [0.1, 0.15) is 64.0 Å². The molecule has 0 saturated carbocycles. The van der Waals surface area contributed by atoms with Crippen LogP contribution in [-0.2, 0) is 26.2 Å². The molecule has 0 spiro atoms. The quantitative estimate of drug-likeness (QED) is 0.255. The number of hydrogen-bond donors (Lipinski definition) is 1. The lowest BCUT2D eigenvalue weighted by Gasteiger charge is -2.27. The Kier molecular flexibility index (Phi) is 11.8. The maximum absolute atomic E-state index is 12.9. The average Bonchev–Trinajstić information content (AvgIpc) is 3.18. The number of amides is 1. The van der Waals surface area contributed by atoms with Gasteiger partial charge in [-0.2, -0.15) is 9.35 Å². The van der Waals surface area contributed by atoms with E-state index in [1.807, 2.05) is 68.3 Å². The Morgan fingerprint density at radius 1 is 0.976 bits per heavy atom. The number of nitrogens with zero attached hydrogens (tertiary/aromatic N) is 2. The minimum atomic E-state index is -0.526. The molecule has 1 aliphatic heterocycles. The van der Waals surface area contributed by atoms with Crippen molar-refractivity contribution in [3.8, 4) is 0 Å². The molecule has 0 unspecified atom stereocenters. The molecule has 1 fully saturated rings. The number of carbonyl (C=O) groups is 1. The van der Waals surface area contributed by atoms with E-state index >= 15 is 0 Å². The fourth-order valence-electron chi connectivity index (χ4n) is 4.56. The number of piperidine rings is 1. The van der Waals surface area contributed by atoms with E-state index in [1.165, 1.54) is 24.8 Å². The third kappa shape index (κ3) is 11.3. The first kappa shape index (κ1) is 30.8.